The summed E-state index contributed by atoms with van der Waals surface area (Å²) >= 11 is 0. The summed E-state index contributed by atoms with van der Waals surface area (Å²) in [5.74, 6) is 1.31. The van der Waals surface area contributed by atoms with Gasteiger partial charge in [-0.15, -0.1) is 0 Å². The Kier molecular flexibility index (Phi) is 2.54. The first-order valence-electron chi connectivity index (χ1n) is 4.78. The number of hydrogen-bond acceptors (Lipinski definition) is 4. The molecular weight excluding hydrogens is 178 g/mol. The molecule has 0 saturated carbocycles. The molecule has 0 bridgehead atoms. The van der Waals surface area contributed by atoms with Crippen molar-refractivity contribution in [3.05, 3.63) is 18.3 Å². The molecule has 1 fully saturated rings. The Hall–Kier alpha value is -1.29. The lowest BCUT2D eigenvalue weighted by molar-refractivity contribution is 0.394. The van der Waals surface area contributed by atoms with Gasteiger partial charge in [-0.2, -0.15) is 0 Å². The van der Waals surface area contributed by atoms with Crippen molar-refractivity contribution in [2.45, 2.75) is 0 Å². The molecule has 0 aliphatic carbocycles. The minimum absolute atomic E-state index is 0.647. The van der Waals surface area contributed by atoms with Crippen molar-refractivity contribution < 1.29 is 4.74 Å². The van der Waals surface area contributed by atoms with E-state index in [-0.39, 0.29) is 0 Å². The van der Waals surface area contributed by atoms with Gasteiger partial charge in [0.05, 0.1) is 7.11 Å². The van der Waals surface area contributed by atoms with Crippen LogP contribution in [-0.2, 0) is 0 Å². The van der Waals surface area contributed by atoms with E-state index < -0.39 is 0 Å². The molecule has 14 heavy (non-hydrogen) atoms. The molecule has 0 aromatic carbocycles. The maximum Gasteiger partial charge on any atom is 0.214 e. The van der Waals surface area contributed by atoms with Crippen LogP contribution in [0.1, 0.15) is 0 Å². The van der Waals surface area contributed by atoms with Crippen molar-refractivity contribution in [2.24, 2.45) is 11.7 Å². The van der Waals surface area contributed by atoms with Gasteiger partial charge in [-0.05, 0) is 12.6 Å². The third-order valence-corrected chi connectivity index (χ3v) is 2.58. The number of pyridine rings is 1. The van der Waals surface area contributed by atoms with E-state index in [0.717, 1.165) is 19.6 Å². The number of hydrogen-bond donors (Lipinski definition) is 1. The number of methoxy groups -OCH3 is 1. The van der Waals surface area contributed by atoms with Crippen LogP contribution in [0.3, 0.4) is 0 Å². The van der Waals surface area contributed by atoms with Gasteiger partial charge in [0, 0.05) is 37.0 Å². The molecule has 76 valence electrons. The molecule has 1 aliphatic heterocycles. The lowest BCUT2D eigenvalue weighted by atomic mass is 10.00. The van der Waals surface area contributed by atoms with Crippen LogP contribution >= 0.6 is 0 Å². The van der Waals surface area contributed by atoms with Gasteiger partial charge in [-0.1, -0.05) is 0 Å². The number of ether oxygens (including phenoxy) is 1. The van der Waals surface area contributed by atoms with E-state index >= 15 is 0 Å². The van der Waals surface area contributed by atoms with E-state index in [4.69, 9.17) is 10.5 Å². The molecule has 1 aromatic heterocycles. The monoisotopic (exact) mass is 193 g/mol. The number of aromatic nitrogens is 1. The molecule has 1 aliphatic rings. The summed E-state index contributed by atoms with van der Waals surface area (Å²) in [6, 6.07) is 3.95. The van der Waals surface area contributed by atoms with Gasteiger partial charge in [0.25, 0.3) is 0 Å². The van der Waals surface area contributed by atoms with Crippen molar-refractivity contribution in [2.75, 3.05) is 31.6 Å². The lowest BCUT2D eigenvalue weighted by Crippen LogP contribution is -2.49. The summed E-state index contributed by atoms with van der Waals surface area (Å²) in [6.07, 6.45) is 1.77. The quantitative estimate of drug-likeness (QED) is 0.759. The summed E-state index contributed by atoms with van der Waals surface area (Å²) in [7, 11) is 1.63. The number of rotatable bonds is 3. The number of anilines is 1. The second kappa shape index (κ2) is 3.84. The Morgan fingerprint density at radius 3 is 3.07 bits per heavy atom. The number of nitrogens with zero attached hydrogens (tertiary/aromatic N) is 2. The first-order chi connectivity index (χ1) is 6.83. The van der Waals surface area contributed by atoms with Crippen LogP contribution in [0.4, 0.5) is 5.69 Å². The van der Waals surface area contributed by atoms with Gasteiger partial charge in [-0.3, -0.25) is 0 Å². The van der Waals surface area contributed by atoms with Crippen LogP contribution in [0, 0.1) is 5.92 Å². The maximum absolute atomic E-state index is 5.57. The molecule has 4 nitrogen and oxygen atoms in total. The predicted octanol–water partition coefficient (Wildman–Crippen LogP) is 0.485. The third-order valence-electron chi connectivity index (χ3n) is 2.58. The van der Waals surface area contributed by atoms with Gasteiger partial charge in [0.1, 0.15) is 0 Å². The van der Waals surface area contributed by atoms with Crippen molar-refractivity contribution in [1.29, 1.82) is 0 Å². The molecule has 0 atom stereocenters. The minimum atomic E-state index is 0.647. The fourth-order valence-corrected chi connectivity index (χ4v) is 1.64. The highest BCUT2D eigenvalue weighted by atomic mass is 16.5. The van der Waals surface area contributed by atoms with Crippen LogP contribution in [0.15, 0.2) is 18.3 Å². The highest BCUT2D eigenvalue weighted by Gasteiger charge is 2.25. The van der Waals surface area contributed by atoms with E-state index in [2.05, 4.69) is 9.88 Å². The first kappa shape index (κ1) is 9.27. The smallest absolute Gasteiger partial charge is 0.214 e. The van der Waals surface area contributed by atoms with E-state index in [1.54, 1.807) is 13.3 Å². The van der Waals surface area contributed by atoms with E-state index in [1.165, 1.54) is 5.69 Å². The normalized spacial score (nSPS) is 16.6. The topological polar surface area (TPSA) is 51.4 Å². The van der Waals surface area contributed by atoms with Crippen molar-refractivity contribution in [3.8, 4) is 5.88 Å². The zero-order chi connectivity index (χ0) is 9.97. The molecule has 2 heterocycles. The van der Waals surface area contributed by atoms with E-state index in [0.29, 0.717) is 11.8 Å². The first-order valence-corrected chi connectivity index (χ1v) is 4.78. The molecule has 1 saturated heterocycles. The molecular formula is C10H15N3O. The van der Waals surface area contributed by atoms with Crippen LogP contribution in [0.2, 0.25) is 0 Å². The lowest BCUT2D eigenvalue weighted by Gasteiger charge is -2.40. The molecule has 0 unspecified atom stereocenters. The van der Waals surface area contributed by atoms with Crippen molar-refractivity contribution >= 4 is 5.69 Å². The molecule has 0 radical (unpaired) electrons. The predicted molar refractivity (Wildman–Crippen MR) is 55.5 cm³/mol. The van der Waals surface area contributed by atoms with Crippen LogP contribution in [0.25, 0.3) is 0 Å². The molecule has 1 aromatic rings. The fourth-order valence-electron chi connectivity index (χ4n) is 1.64. The second-order valence-electron chi connectivity index (χ2n) is 3.56. The van der Waals surface area contributed by atoms with E-state index in [9.17, 15) is 0 Å². The maximum atomic E-state index is 5.57. The largest absolute Gasteiger partial charge is 0.481 e. The minimum Gasteiger partial charge on any atom is -0.481 e. The molecule has 0 amide bonds. The summed E-state index contributed by atoms with van der Waals surface area (Å²) < 4.78 is 5.06. The Bertz CT molecular complexity index is 310. The molecule has 4 heteroatoms. The summed E-state index contributed by atoms with van der Waals surface area (Å²) in [5.41, 5.74) is 6.73. The Balaban J connectivity index is 2.03. The van der Waals surface area contributed by atoms with Gasteiger partial charge in [0.2, 0.25) is 5.88 Å². The summed E-state index contributed by atoms with van der Waals surface area (Å²) in [5, 5.41) is 0. The second-order valence-corrected chi connectivity index (χ2v) is 3.56. The van der Waals surface area contributed by atoms with Gasteiger partial charge in [-0.25, -0.2) is 4.98 Å². The summed E-state index contributed by atoms with van der Waals surface area (Å²) in [4.78, 5) is 6.34. The fraction of sp³-hybridized carbons (Fsp3) is 0.500. The molecule has 2 rings (SSSR count). The van der Waals surface area contributed by atoms with Gasteiger partial charge >= 0.3 is 0 Å². The third kappa shape index (κ3) is 1.65. The highest BCUT2D eigenvalue weighted by molar-refractivity contribution is 5.50. The van der Waals surface area contributed by atoms with Crippen LogP contribution < -0.4 is 15.4 Å². The zero-order valence-electron chi connectivity index (χ0n) is 8.31. The van der Waals surface area contributed by atoms with Gasteiger partial charge in [0.15, 0.2) is 0 Å². The van der Waals surface area contributed by atoms with Crippen molar-refractivity contribution in [1.82, 2.24) is 4.98 Å². The Morgan fingerprint density at radius 1 is 1.64 bits per heavy atom. The Labute approximate surface area is 83.7 Å². The van der Waals surface area contributed by atoms with Crippen LogP contribution in [0.5, 0.6) is 5.88 Å². The zero-order valence-corrected chi connectivity index (χ0v) is 8.31. The Morgan fingerprint density at radius 2 is 2.43 bits per heavy atom. The average Bonchev–Trinajstić information content (AvgIpc) is 2.17. The van der Waals surface area contributed by atoms with Gasteiger partial charge < -0.3 is 15.4 Å². The number of nitrogens with two attached hydrogens (primary N) is 1. The molecule has 2 N–H and O–H groups in total. The summed E-state index contributed by atoms with van der Waals surface area (Å²) in [6.45, 7) is 2.87. The standard InChI is InChI=1S/C10H15N3O/c1-14-10-4-9(2-3-12-10)13-6-8(5-11)7-13/h2-4,8H,5-7,11H2,1H3. The SMILES string of the molecule is COc1cc(N2CC(CN)C2)ccn1. The van der Waals surface area contributed by atoms with E-state index in [1.807, 2.05) is 12.1 Å². The molecule has 0 spiro atoms. The van der Waals surface area contributed by atoms with Crippen molar-refractivity contribution in [3.63, 3.8) is 0 Å². The highest BCUT2D eigenvalue weighted by Crippen LogP contribution is 2.25. The van der Waals surface area contributed by atoms with Crippen LogP contribution in [-0.4, -0.2) is 31.7 Å². The average molecular weight is 193 g/mol.